The van der Waals surface area contributed by atoms with Gasteiger partial charge in [-0.05, 0) is 18.4 Å². The molecule has 3 nitrogen and oxygen atoms in total. The van der Waals surface area contributed by atoms with Gasteiger partial charge in [-0.15, -0.1) is 0 Å². The third kappa shape index (κ3) is 7.68. The fourth-order valence-corrected chi connectivity index (χ4v) is 1.09. The van der Waals surface area contributed by atoms with Crippen LogP contribution < -0.4 is 5.32 Å². The molecule has 0 saturated heterocycles. The van der Waals surface area contributed by atoms with Gasteiger partial charge in [0.1, 0.15) is 0 Å². The molecule has 66 valence electrons. The number of aliphatic hydroxyl groups excluding tert-OH is 1. The standard InChI is InChI=1S/C7H15NO2S/c1-11-6-2-3-7(10)8-4-5-9/h9H,2-6H2,1H3,(H,8,10). The average molecular weight is 177 g/mol. The van der Waals surface area contributed by atoms with Crippen LogP contribution in [0.15, 0.2) is 0 Å². The zero-order chi connectivity index (χ0) is 8.53. The van der Waals surface area contributed by atoms with E-state index in [4.69, 9.17) is 5.11 Å². The minimum atomic E-state index is 0.0221. The summed E-state index contributed by atoms with van der Waals surface area (Å²) in [6, 6.07) is 0. The van der Waals surface area contributed by atoms with Gasteiger partial charge in [-0.3, -0.25) is 4.79 Å². The van der Waals surface area contributed by atoms with Crippen LogP contribution in [0.3, 0.4) is 0 Å². The van der Waals surface area contributed by atoms with Gasteiger partial charge in [0.25, 0.3) is 0 Å². The monoisotopic (exact) mass is 177 g/mol. The predicted molar refractivity (Wildman–Crippen MR) is 47.7 cm³/mol. The molecule has 0 saturated carbocycles. The van der Waals surface area contributed by atoms with E-state index in [-0.39, 0.29) is 12.5 Å². The highest BCUT2D eigenvalue weighted by atomic mass is 32.2. The minimum Gasteiger partial charge on any atom is -0.395 e. The molecule has 0 aromatic carbocycles. The lowest BCUT2D eigenvalue weighted by Gasteiger charge is -2.01. The van der Waals surface area contributed by atoms with Crippen molar-refractivity contribution in [1.29, 1.82) is 0 Å². The normalized spacial score (nSPS) is 9.64. The lowest BCUT2D eigenvalue weighted by atomic mass is 10.3. The van der Waals surface area contributed by atoms with Gasteiger partial charge in [-0.2, -0.15) is 11.8 Å². The maximum absolute atomic E-state index is 10.8. The van der Waals surface area contributed by atoms with Crippen molar-refractivity contribution in [2.75, 3.05) is 25.2 Å². The van der Waals surface area contributed by atoms with Crippen molar-refractivity contribution in [3.05, 3.63) is 0 Å². The molecule has 0 aromatic rings. The molecule has 0 aromatic heterocycles. The molecule has 0 aliphatic carbocycles. The largest absolute Gasteiger partial charge is 0.395 e. The molecule has 0 heterocycles. The average Bonchev–Trinajstić information content (AvgIpc) is 2.01. The van der Waals surface area contributed by atoms with Gasteiger partial charge in [0.05, 0.1) is 6.61 Å². The highest BCUT2D eigenvalue weighted by molar-refractivity contribution is 7.98. The molecule has 0 fully saturated rings. The Bertz CT molecular complexity index is 109. The van der Waals surface area contributed by atoms with E-state index in [0.717, 1.165) is 12.2 Å². The molecule has 0 aliphatic heterocycles. The predicted octanol–water partition coefficient (Wildman–Crippen LogP) is 0.238. The van der Waals surface area contributed by atoms with Crippen LogP contribution in [0.25, 0.3) is 0 Å². The molecular weight excluding hydrogens is 162 g/mol. The summed E-state index contributed by atoms with van der Waals surface area (Å²) in [5.74, 6) is 1.06. The van der Waals surface area contributed by atoms with Crippen molar-refractivity contribution in [3.8, 4) is 0 Å². The number of carbonyl (C=O) groups excluding carboxylic acids is 1. The second-order valence-electron chi connectivity index (χ2n) is 2.17. The topological polar surface area (TPSA) is 49.3 Å². The van der Waals surface area contributed by atoms with Crippen molar-refractivity contribution >= 4 is 17.7 Å². The SMILES string of the molecule is CSCCCC(=O)NCCO. The van der Waals surface area contributed by atoms with E-state index >= 15 is 0 Å². The fourth-order valence-electron chi connectivity index (χ4n) is 0.661. The Hall–Kier alpha value is -0.220. The van der Waals surface area contributed by atoms with E-state index in [1.807, 2.05) is 6.26 Å². The number of hydrogen-bond acceptors (Lipinski definition) is 3. The van der Waals surface area contributed by atoms with Crippen molar-refractivity contribution in [1.82, 2.24) is 5.32 Å². The van der Waals surface area contributed by atoms with Crippen molar-refractivity contribution in [2.45, 2.75) is 12.8 Å². The number of thioether (sulfide) groups is 1. The first kappa shape index (κ1) is 10.8. The van der Waals surface area contributed by atoms with Crippen molar-refractivity contribution in [2.24, 2.45) is 0 Å². The molecular formula is C7H15NO2S. The van der Waals surface area contributed by atoms with E-state index in [9.17, 15) is 4.79 Å². The smallest absolute Gasteiger partial charge is 0.220 e. The van der Waals surface area contributed by atoms with Gasteiger partial charge in [-0.1, -0.05) is 0 Å². The summed E-state index contributed by atoms with van der Waals surface area (Å²) in [6.45, 7) is 0.395. The highest BCUT2D eigenvalue weighted by Gasteiger charge is 1.97. The fraction of sp³-hybridized carbons (Fsp3) is 0.857. The van der Waals surface area contributed by atoms with Crippen LogP contribution in [-0.2, 0) is 4.79 Å². The molecule has 0 radical (unpaired) electrons. The Balaban J connectivity index is 3.09. The third-order valence-electron chi connectivity index (χ3n) is 1.19. The van der Waals surface area contributed by atoms with Gasteiger partial charge >= 0.3 is 0 Å². The van der Waals surface area contributed by atoms with Gasteiger partial charge in [-0.25, -0.2) is 0 Å². The second kappa shape index (κ2) is 7.88. The Morgan fingerprint density at radius 1 is 1.64 bits per heavy atom. The van der Waals surface area contributed by atoms with Crippen LogP contribution >= 0.6 is 11.8 Å². The number of aliphatic hydroxyl groups is 1. The van der Waals surface area contributed by atoms with Crippen LogP contribution in [-0.4, -0.2) is 36.2 Å². The third-order valence-corrected chi connectivity index (χ3v) is 1.88. The molecule has 11 heavy (non-hydrogen) atoms. The summed E-state index contributed by atoms with van der Waals surface area (Å²) in [6.07, 6.45) is 3.50. The second-order valence-corrected chi connectivity index (χ2v) is 3.16. The lowest BCUT2D eigenvalue weighted by molar-refractivity contribution is -0.121. The Labute approximate surface area is 71.6 Å². The molecule has 4 heteroatoms. The Morgan fingerprint density at radius 2 is 2.36 bits per heavy atom. The summed E-state index contributed by atoms with van der Waals surface area (Å²) >= 11 is 1.74. The summed E-state index contributed by atoms with van der Waals surface area (Å²) < 4.78 is 0. The molecule has 0 spiro atoms. The van der Waals surface area contributed by atoms with E-state index in [1.54, 1.807) is 11.8 Å². The van der Waals surface area contributed by atoms with Crippen LogP contribution in [0.2, 0.25) is 0 Å². The van der Waals surface area contributed by atoms with Crippen molar-refractivity contribution in [3.63, 3.8) is 0 Å². The molecule has 0 aliphatic rings. The first-order valence-electron chi connectivity index (χ1n) is 3.67. The summed E-state index contributed by atoms with van der Waals surface area (Å²) in [7, 11) is 0. The van der Waals surface area contributed by atoms with Crippen LogP contribution in [0.5, 0.6) is 0 Å². The summed E-state index contributed by atoms with van der Waals surface area (Å²) in [4.78, 5) is 10.8. The Kier molecular flexibility index (Phi) is 7.72. The quantitative estimate of drug-likeness (QED) is 0.571. The molecule has 2 N–H and O–H groups in total. The maximum Gasteiger partial charge on any atom is 0.220 e. The van der Waals surface area contributed by atoms with E-state index in [2.05, 4.69) is 5.32 Å². The number of carbonyl (C=O) groups is 1. The maximum atomic E-state index is 10.8. The van der Waals surface area contributed by atoms with Crippen molar-refractivity contribution < 1.29 is 9.90 Å². The molecule has 0 rings (SSSR count). The highest BCUT2D eigenvalue weighted by Crippen LogP contribution is 1.98. The first-order valence-corrected chi connectivity index (χ1v) is 5.07. The van der Waals surface area contributed by atoms with Gasteiger partial charge in [0.2, 0.25) is 5.91 Å². The molecule has 1 amide bonds. The minimum absolute atomic E-state index is 0.0221. The zero-order valence-corrected chi connectivity index (χ0v) is 7.62. The number of rotatable bonds is 6. The van der Waals surface area contributed by atoms with E-state index in [1.165, 1.54) is 0 Å². The summed E-state index contributed by atoms with van der Waals surface area (Å²) in [5.41, 5.74) is 0. The number of hydrogen-bond donors (Lipinski definition) is 2. The van der Waals surface area contributed by atoms with Gasteiger partial charge in [0, 0.05) is 13.0 Å². The molecule has 0 unspecified atom stereocenters. The Morgan fingerprint density at radius 3 is 2.91 bits per heavy atom. The number of amides is 1. The first-order chi connectivity index (χ1) is 5.31. The molecule has 0 bridgehead atoms. The van der Waals surface area contributed by atoms with Crippen LogP contribution in [0.4, 0.5) is 0 Å². The lowest BCUT2D eigenvalue weighted by Crippen LogP contribution is -2.26. The van der Waals surface area contributed by atoms with Gasteiger partial charge < -0.3 is 10.4 Å². The van der Waals surface area contributed by atoms with Crippen LogP contribution in [0.1, 0.15) is 12.8 Å². The zero-order valence-electron chi connectivity index (χ0n) is 6.80. The summed E-state index contributed by atoms with van der Waals surface area (Å²) in [5, 5.41) is 11.0. The molecule has 0 atom stereocenters. The van der Waals surface area contributed by atoms with E-state index < -0.39 is 0 Å². The van der Waals surface area contributed by atoms with Gasteiger partial charge in [0.15, 0.2) is 0 Å². The number of nitrogens with one attached hydrogen (secondary N) is 1. The van der Waals surface area contributed by atoms with E-state index in [0.29, 0.717) is 13.0 Å². The van der Waals surface area contributed by atoms with Crippen LogP contribution in [0, 0.1) is 0 Å².